The molecule has 3 aromatic carbocycles. The molecule has 6 nitrogen and oxygen atoms in total. The lowest BCUT2D eigenvalue weighted by Crippen LogP contribution is -2.24. The van der Waals surface area contributed by atoms with Gasteiger partial charge >= 0.3 is 0 Å². The number of rotatable bonds is 10. The average Bonchev–Trinajstić information content (AvgIpc) is 3.28. The summed E-state index contributed by atoms with van der Waals surface area (Å²) in [6.07, 6.45) is 0.774. The number of ether oxygens (including phenoxy) is 2. The van der Waals surface area contributed by atoms with Gasteiger partial charge in [-0.25, -0.2) is 13.8 Å². The molecule has 0 spiro atoms. The molecule has 0 aliphatic carbocycles. The number of nitrogens with zero attached hydrogens (tertiary/aromatic N) is 2. The molecule has 0 saturated carbocycles. The van der Waals surface area contributed by atoms with Crippen molar-refractivity contribution in [2.45, 2.75) is 39.8 Å². The Bertz CT molecular complexity index is 1630. The highest BCUT2D eigenvalue weighted by Crippen LogP contribution is 2.35. The van der Waals surface area contributed by atoms with Gasteiger partial charge in [-0.2, -0.15) is 0 Å². The Morgan fingerprint density at radius 1 is 0.929 bits per heavy atom. The maximum atomic E-state index is 14.8. The highest BCUT2D eigenvalue weighted by atomic mass is 19.1. The number of amides is 1. The Morgan fingerprint density at radius 3 is 2.29 bits per heavy atom. The van der Waals surface area contributed by atoms with E-state index in [1.807, 2.05) is 32.0 Å². The lowest BCUT2D eigenvalue weighted by molar-refractivity contribution is 0.0764. The minimum absolute atomic E-state index is 0.0680. The molecule has 216 valence electrons. The Kier molecular flexibility index (Phi) is 8.34. The van der Waals surface area contributed by atoms with Crippen molar-refractivity contribution in [3.8, 4) is 22.8 Å². The number of benzene rings is 3. The summed E-state index contributed by atoms with van der Waals surface area (Å²) in [5, 5.41) is 0. The third-order valence-electron chi connectivity index (χ3n) is 7.36. The molecule has 1 aromatic heterocycles. The zero-order chi connectivity index (χ0) is 30.0. The molecule has 0 fully saturated rings. The highest BCUT2D eigenvalue weighted by molar-refractivity contribution is 6.00. The van der Waals surface area contributed by atoms with Gasteiger partial charge in [0, 0.05) is 23.6 Å². The zero-order valence-electron chi connectivity index (χ0n) is 24.0. The summed E-state index contributed by atoms with van der Waals surface area (Å²) in [5.74, 6) is -0.165. The Hall–Kier alpha value is -4.59. The lowest BCUT2D eigenvalue weighted by atomic mass is 9.95. The van der Waals surface area contributed by atoms with Crippen LogP contribution in [0.3, 0.4) is 0 Å². The first-order valence-electron chi connectivity index (χ1n) is 13.8. The number of hydrogen-bond donors (Lipinski definition) is 0. The fourth-order valence-electron chi connectivity index (χ4n) is 5.28. The Morgan fingerprint density at radius 2 is 1.64 bits per heavy atom. The second-order valence-corrected chi connectivity index (χ2v) is 10.8. The molecule has 4 aromatic rings. The van der Waals surface area contributed by atoms with Crippen LogP contribution >= 0.6 is 0 Å². The fourth-order valence-corrected chi connectivity index (χ4v) is 5.28. The van der Waals surface area contributed by atoms with Crippen LogP contribution in [0, 0.1) is 17.6 Å². The van der Waals surface area contributed by atoms with Gasteiger partial charge < -0.3 is 14.4 Å². The van der Waals surface area contributed by atoms with E-state index in [4.69, 9.17) is 9.47 Å². The smallest absolute Gasteiger partial charge is 0.256 e. The van der Waals surface area contributed by atoms with E-state index in [-0.39, 0.29) is 42.0 Å². The maximum Gasteiger partial charge on any atom is 0.256 e. The second-order valence-electron chi connectivity index (χ2n) is 10.8. The first kappa shape index (κ1) is 28.9. The van der Waals surface area contributed by atoms with E-state index < -0.39 is 11.6 Å². The lowest BCUT2D eigenvalue weighted by Gasteiger charge is -2.18. The fraction of sp³-hybridized carbons (Fsp3) is 0.265. The van der Waals surface area contributed by atoms with Crippen molar-refractivity contribution in [2.24, 2.45) is 5.92 Å². The van der Waals surface area contributed by atoms with E-state index in [1.165, 1.54) is 18.2 Å². The van der Waals surface area contributed by atoms with Gasteiger partial charge in [0.2, 0.25) is 0 Å². The molecule has 5 rings (SSSR count). The van der Waals surface area contributed by atoms with Gasteiger partial charge in [-0.05, 0) is 53.8 Å². The van der Waals surface area contributed by atoms with E-state index in [0.717, 1.165) is 11.1 Å². The summed E-state index contributed by atoms with van der Waals surface area (Å²) in [5.41, 5.74) is 3.62. The highest BCUT2D eigenvalue weighted by Gasteiger charge is 2.33. The number of halogens is 2. The first-order valence-corrected chi connectivity index (χ1v) is 13.8. The van der Waals surface area contributed by atoms with E-state index >= 15 is 0 Å². The van der Waals surface area contributed by atoms with Gasteiger partial charge in [-0.3, -0.25) is 9.59 Å². The molecule has 2 heterocycles. The Balaban J connectivity index is 1.52. The van der Waals surface area contributed by atoms with Gasteiger partial charge in [-0.15, -0.1) is 0 Å². The molecular weight excluding hydrogens is 538 g/mol. The third kappa shape index (κ3) is 5.88. The number of fused-ring (bicyclic) bond motifs is 1. The number of pyridine rings is 1. The van der Waals surface area contributed by atoms with Crippen molar-refractivity contribution >= 4 is 11.7 Å². The number of carbonyl (C=O) groups excluding carboxylic acids is 2. The van der Waals surface area contributed by atoms with Crippen molar-refractivity contribution in [2.75, 3.05) is 14.2 Å². The van der Waals surface area contributed by atoms with Crippen LogP contribution in [0.25, 0.3) is 11.3 Å². The molecule has 0 N–H and O–H groups in total. The van der Waals surface area contributed by atoms with Crippen LogP contribution in [-0.2, 0) is 19.5 Å². The number of Topliss-reactive ketones (excluding diaryl/α,β-unsaturated/α-hetero) is 1. The monoisotopic (exact) mass is 570 g/mol. The van der Waals surface area contributed by atoms with E-state index in [9.17, 15) is 18.4 Å². The molecule has 8 heteroatoms. The van der Waals surface area contributed by atoms with Crippen LogP contribution in [-0.4, -0.2) is 35.8 Å². The largest absolute Gasteiger partial charge is 0.497 e. The predicted molar refractivity (Wildman–Crippen MR) is 156 cm³/mol. The van der Waals surface area contributed by atoms with Crippen LogP contribution < -0.4 is 9.47 Å². The van der Waals surface area contributed by atoms with Crippen molar-refractivity contribution < 1.29 is 27.8 Å². The SMILES string of the molecule is COc1ccc(CN2Cc3nc(-c4c(F)cccc4F)cc(Cc4ccc(C(=O)CC(C)C)cc4)c3C2=O)c(OC)c1. The van der Waals surface area contributed by atoms with Crippen molar-refractivity contribution in [3.05, 3.63) is 112 Å². The molecular formula is C34H32F2N2O4. The topological polar surface area (TPSA) is 68.7 Å². The quantitative estimate of drug-likeness (QED) is 0.192. The summed E-state index contributed by atoms with van der Waals surface area (Å²) < 4.78 is 40.5. The summed E-state index contributed by atoms with van der Waals surface area (Å²) in [4.78, 5) is 32.5. The van der Waals surface area contributed by atoms with Crippen LogP contribution in [0.2, 0.25) is 0 Å². The van der Waals surface area contributed by atoms with Crippen LogP contribution in [0.4, 0.5) is 8.78 Å². The third-order valence-corrected chi connectivity index (χ3v) is 7.36. The number of carbonyl (C=O) groups is 2. The Labute approximate surface area is 243 Å². The molecule has 1 aliphatic heterocycles. The van der Waals surface area contributed by atoms with Gasteiger partial charge in [0.1, 0.15) is 23.1 Å². The summed E-state index contributed by atoms with van der Waals surface area (Å²) >= 11 is 0. The predicted octanol–water partition coefficient (Wildman–Crippen LogP) is 7.02. The van der Waals surface area contributed by atoms with E-state index in [2.05, 4.69) is 4.98 Å². The van der Waals surface area contributed by atoms with Crippen LogP contribution in [0.15, 0.2) is 66.7 Å². The van der Waals surface area contributed by atoms with Crippen LogP contribution in [0.1, 0.15) is 63.4 Å². The molecule has 0 bridgehead atoms. The van der Waals surface area contributed by atoms with Crippen molar-refractivity contribution in [3.63, 3.8) is 0 Å². The molecule has 1 aliphatic rings. The molecule has 0 unspecified atom stereocenters. The van der Waals surface area contributed by atoms with Gasteiger partial charge in [-0.1, -0.05) is 44.2 Å². The molecule has 0 atom stereocenters. The summed E-state index contributed by atoms with van der Waals surface area (Å²) in [6, 6.07) is 17.9. The molecule has 0 saturated heterocycles. The summed E-state index contributed by atoms with van der Waals surface area (Å²) in [6.45, 7) is 4.41. The molecule has 0 radical (unpaired) electrons. The first-order chi connectivity index (χ1) is 20.2. The minimum Gasteiger partial charge on any atom is -0.497 e. The van der Waals surface area contributed by atoms with Crippen molar-refractivity contribution in [1.29, 1.82) is 0 Å². The van der Waals surface area contributed by atoms with E-state index in [1.54, 1.807) is 49.5 Å². The standard InChI is InChI=1S/C34H32F2N2O4/c1-20(2)14-30(39)22-10-8-21(9-11-22)15-24-16-28(33-26(35)6-5-7-27(33)36)37-29-19-38(34(40)32(24)29)18-23-12-13-25(41-3)17-31(23)42-4/h5-13,16-17,20H,14-15,18-19H2,1-4H3. The number of ketones is 1. The molecule has 42 heavy (non-hydrogen) atoms. The molecule has 1 amide bonds. The minimum atomic E-state index is -0.731. The zero-order valence-corrected chi connectivity index (χ0v) is 24.0. The van der Waals surface area contributed by atoms with Crippen molar-refractivity contribution in [1.82, 2.24) is 9.88 Å². The normalized spacial score (nSPS) is 12.5. The number of hydrogen-bond acceptors (Lipinski definition) is 5. The van der Waals surface area contributed by atoms with Gasteiger partial charge in [0.05, 0.1) is 49.8 Å². The number of methoxy groups -OCH3 is 2. The van der Waals surface area contributed by atoms with Crippen LogP contribution in [0.5, 0.6) is 11.5 Å². The number of aromatic nitrogens is 1. The summed E-state index contributed by atoms with van der Waals surface area (Å²) in [7, 11) is 3.12. The van der Waals surface area contributed by atoms with Gasteiger partial charge in [0.15, 0.2) is 5.78 Å². The average molecular weight is 571 g/mol. The van der Waals surface area contributed by atoms with Gasteiger partial charge in [0.25, 0.3) is 5.91 Å². The van der Waals surface area contributed by atoms with E-state index in [0.29, 0.717) is 46.7 Å². The maximum absolute atomic E-state index is 14.8. The second kappa shape index (κ2) is 12.1.